The van der Waals surface area contributed by atoms with Crippen LogP contribution in [0.3, 0.4) is 0 Å². The number of para-hydroxylation sites is 1. The summed E-state index contributed by atoms with van der Waals surface area (Å²) in [6.45, 7) is 2.68. The minimum Gasteiger partial charge on any atom is -0.496 e. The number of carbonyl (C=O) groups is 1. The molecule has 4 heteroatoms. The molecule has 0 saturated carbocycles. The molecule has 2 aromatic rings. The molecule has 0 atom stereocenters. The third-order valence-corrected chi connectivity index (χ3v) is 3.32. The molecule has 22 heavy (non-hydrogen) atoms. The van der Waals surface area contributed by atoms with Crippen LogP contribution in [0.4, 0.5) is 11.4 Å². The Morgan fingerprint density at radius 2 is 1.73 bits per heavy atom. The molecule has 116 valence electrons. The van der Waals surface area contributed by atoms with Gasteiger partial charge in [0.1, 0.15) is 5.75 Å². The van der Waals surface area contributed by atoms with Crippen LogP contribution in [0.2, 0.25) is 0 Å². The number of benzene rings is 2. The van der Waals surface area contributed by atoms with E-state index in [1.54, 1.807) is 7.11 Å². The highest BCUT2D eigenvalue weighted by Crippen LogP contribution is 2.20. The summed E-state index contributed by atoms with van der Waals surface area (Å²) in [5, 5.41) is 6.22. The number of anilines is 2. The maximum atomic E-state index is 11.5. The summed E-state index contributed by atoms with van der Waals surface area (Å²) >= 11 is 0. The fraction of sp³-hybridized carbons (Fsp3) is 0.278. The minimum atomic E-state index is 0.0530. The zero-order chi connectivity index (χ0) is 15.8. The number of ether oxygens (including phenoxy) is 1. The van der Waals surface area contributed by atoms with Gasteiger partial charge in [0.05, 0.1) is 7.11 Å². The van der Waals surface area contributed by atoms with Crippen LogP contribution in [0.25, 0.3) is 0 Å². The predicted octanol–water partition coefficient (Wildman–Crippen LogP) is 4.05. The summed E-state index contributed by atoms with van der Waals surface area (Å²) < 4.78 is 5.33. The van der Waals surface area contributed by atoms with Crippen LogP contribution in [0, 0.1) is 0 Å². The van der Waals surface area contributed by atoms with Gasteiger partial charge in [-0.1, -0.05) is 25.1 Å². The molecular formula is C18H22N2O2. The standard InChI is InChI=1S/C18H22N2O2/c1-3-6-18(21)20-16-11-9-15(10-12-16)19-13-14-7-4-5-8-17(14)22-2/h4-5,7-12,19H,3,6,13H2,1-2H3,(H,20,21). The highest BCUT2D eigenvalue weighted by atomic mass is 16.5. The van der Waals surface area contributed by atoms with E-state index in [4.69, 9.17) is 4.74 Å². The van der Waals surface area contributed by atoms with Crippen molar-refractivity contribution in [2.75, 3.05) is 17.7 Å². The van der Waals surface area contributed by atoms with Crippen molar-refractivity contribution in [1.82, 2.24) is 0 Å². The van der Waals surface area contributed by atoms with Gasteiger partial charge in [0.2, 0.25) is 5.91 Å². The van der Waals surface area contributed by atoms with Crippen LogP contribution in [0.15, 0.2) is 48.5 Å². The van der Waals surface area contributed by atoms with Gasteiger partial charge in [-0.25, -0.2) is 0 Å². The Morgan fingerprint density at radius 1 is 1.05 bits per heavy atom. The first-order valence-corrected chi connectivity index (χ1v) is 7.48. The summed E-state index contributed by atoms with van der Waals surface area (Å²) in [6, 6.07) is 15.6. The topological polar surface area (TPSA) is 50.4 Å². The largest absolute Gasteiger partial charge is 0.496 e. The molecule has 0 aliphatic heterocycles. The summed E-state index contributed by atoms with van der Waals surface area (Å²) in [5.74, 6) is 0.927. The zero-order valence-corrected chi connectivity index (χ0v) is 13.1. The molecule has 2 N–H and O–H groups in total. The lowest BCUT2D eigenvalue weighted by Gasteiger charge is -2.11. The number of rotatable bonds is 7. The summed E-state index contributed by atoms with van der Waals surface area (Å²) in [7, 11) is 1.67. The lowest BCUT2D eigenvalue weighted by atomic mass is 10.2. The lowest BCUT2D eigenvalue weighted by molar-refractivity contribution is -0.116. The molecule has 0 unspecified atom stereocenters. The molecule has 0 aliphatic rings. The minimum absolute atomic E-state index is 0.0530. The second-order valence-corrected chi connectivity index (χ2v) is 5.04. The third kappa shape index (κ3) is 4.52. The van der Waals surface area contributed by atoms with E-state index in [0.29, 0.717) is 13.0 Å². The Bertz CT molecular complexity index is 609. The molecule has 0 heterocycles. The molecule has 2 aromatic carbocycles. The number of hydrogen-bond acceptors (Lipinski definition) is 3. The average Bonchev–Trinajstić information content (AvgIpc) is 2.54. The monoisotopic (exact) mass is 298 g/mol. The van der Waals surface area contributed by atoms with Crippen LogP contribution in [0.5, 0.6) is 5.75 Å². The van der Waals surface area contributed by atoms with Crippen molar-refractivity contribution < 1.29 is 9.53 Å². The molecule has 1 amide bonds. The quantitative estimate of drug-likeness (QED) is 0.811. The van der Waals surface area contributed by atoms with Gasteiger partial charge in [-0.15, -0.1) is 0 Å². The first-order valence-electron chi connectivity index (χ1n) is 7.48. The van der Waals surface area contributed by atoms with Gasteiger partial charge >= 0.3 is 0 Å². The van der Waals surface area contributed by atoms with Crippen LogP contribution in [0.1, 0.15) is 25.3 Å². The smallest absolute Gasteiger partial charge is 0.224 e. The fourth-order valence-corrected chi connectivity index (χ4v) is 2.17. The van der Waals surface area contributed by atoms with Gasteiger partial charge in [-0.3, -0.25) is 4.79 Å². The van der Waals surface area contributed by atoms with E-state index in [1.807, 2.05) is 55.5 Å². The molecule has 4 nitrogen and oxygen atoms in total. The Labute approximate surface area is 131 Å². The van der Waals surface area contributed by atoms with Gasteiger partial charge < -0.3 is 15.4 Å². The van der Waals surface area contributed by atoms with Gasteiger partial charge in [0, 0.05) is 29.9 Å². The van der Waals surface area contributed by atoms with Crippen molar-refractivity contribution in [3.63, 3.8) is 0 Å². The average molecular weight is 298 g/mol. The Hall–Kier alpha value is -2.49. The fourth-order valence-electron chi connectivity index (χ4n) is 2.17. The third-order valence-electron chi connectivity index (χ3n) is 3.32. The SMILES string of the molecule is CCCC(=O)Nc1ccc(NCc2ccccc2OC)cc1. The first kappa shape index (κ1) is 15.9. The van der Waals surface area contributed by atoms with E-state index < -0.39 is 0 Å². The molecule has 2 rings (SSSR count). The Kier molecular flexibility index (Phi) is 5.83. The second-order valence-electron chi connectivity index (χ2n) is 5.04. The number of hydrogen-bond donors (Lipinski definition) is 2. The van der Waals surface area contributed by atoms with Crippen molar-refractivity contribution in [2.24, 2.45) is 0 Å². The molecule has 0 aliphatic carbocycles. The summed E-state index contributed by atoms with van der Waals surface area (Å²) in [6.07, 6.45) is 1.40. The number of methoxy groups -OCH3 is 1. The maximum absolute atomic E-state index is 11.5. The van der Waals surface area contributed by atoms with E-state index >= 15 is 0 Å². The highest BCUT2D eigenvalue weighted by Gasteiger charge is 2.03. The Morgan fingerprint density at radius 3 is 2.41 bits per heavy atom. The van der Waals surface area contributed by atoms with Gasteiger partial charge in [-0.2, -0.15) is 0 Å². The van der Waals surface area contributed by atoms with E-state index in [0.717, 1.165) is 29.1 Å². The lowest BCUT2D eigenvalue weighted by Crippen LogP contribution is -2.10. The Balaban J connectivity index is 1.92. The van der Waals surface area contributed by atoms with Crippen molar-refractivity contribution in [2.45, 2.75) is 26.3 Å². The molecule has 0 aromatic heterocycles. The van der Waals surface area contributed by atoms with Gasteiger partial charge in [0.15, 0.2) is 0 Å². The molecule has 0 spiro atoms. The number of carbonyl (C=O) groups excluding carboxylic acids is 1. The molecule has 0 bridgehead atoms. The number of amides is 1. The van der Waals surface area contributed by atoms with E-state index in [2.05, 4.69) is 10.6 Å². The van der Waals surface area contributed by atoms with E-state index in [-0.39, 0.29) is 5.91 Å². The molecule has 0 saturated heterocycles. The van der Waals surface area contributed by atoms with Crippen molar-refractivity contribution in [3.05, 3.63) is 54.1 Å². The van der Waals surface area contributed by atoms with Gasteiger partial charge in [-0.05, 0) is 36.8 Å². The summed E-state index contributed by atoms with van der Waals surface area (Å²) in [5.41, 5.74) is 2.92. The second kappa shape index (κ2) is 8.08. The molecule has 0 fully saturated rings. The zero-order valence-electron chi connectivity index (χ0n) is 13.1. The normalized spacial score (nSPS) is 10.1. The summed E-state index contributed by atoms with van der Waals surface area (Å²) in [4.78, 5) is 11.5. The maximum Gasteiger partial charge on any atom is 0.224 e. The predicted molar refractivity (Wildman–Crippen MR) is 90.3 cm³/mol. The number of nitrogens with one attached hydrogen (secondary N) is 2. The van der Waals surface area contributed by atoms with Crippen molar-refractivity contribution >= 4 is 17.3 Å². The van der Waals surface area contributed by atoms with Gasteiger partial charge in [0.25, 0.3) is 0 Å². The molecule has 0 radical (unpaired) electrons. The van der Waals surface area contributed by atoms with Crippen LogP contribution >= 0.6 is 0 Å². The van der Waals surface area contributed by atoms with Crippen LogP contribution in [-0.2, 0) is 11.3 Å². The van der Waals surface area contributed by atoms with E-state index in [9.17, 15) is 4.79 Å². The van der Waals surface area contributed by atoms with Crippen LogP contribution < -0.4 is 15.4 Å². The highest BCUT2D eigenvalue weighted by molar-refractivity contribution is 5.90. The van der Waals surface area contributed by atoms with Crippen molar-refractivity contribution in [3.8, 4) is 5.75 Å². The van der Waals surface area contributed by atoms with E-state index in [1.165, 1.54) is 0 Å². The first-order chi connectivity index (χ1) is 10.7. The van der Waals surface area contributed by atoms with Crippen molar-refractivity contribution in [1.29, 1.82) is 0 Å². The van der Waals surface area contributed by atoms with Crippen LogP contribution in [-0.4, -0.2) is 13.0 Å². The molecular weight excluding hydrogens is 276 g/mol.